The third kappa shape index (κ3) is 3.70. The Morgan fingerprint density at radius 2 is 1.24 bits per heavy atom. The van der Waals surface area contributed by atoms with E-state index in [1.165, 1.54) is 0 Å². The summed E-state index contributed by atoms with van der Waals surface area (Å²) in [7, 11) is 6.66. The summed E-state index contributed by atoms with van der Waals surface area (Å²) in [5.74, 6) is 0.827. The Labute approximate surface area is 102 Å². The van der Waals surface area contributed by atoms with Crippen molar-refractivity contribution in [3.8, 4) is 5.75 Å². The molecule has 0 N–H and O–H groups in total. The van der Waals surface area contributed by atoms with Gasteiger partial charge in [0.2, 0.25) is 0 Å². The zero-order valence-corrected chi connectivity index (χ0v) is 10.9. The van der Waals surface area contributed by atoms with Crippen LogP contribution in [0.2, 0.25) is 0 Å². The second-order valence-corrected chi connectivity index (χ2v) is 3.75. The van der Waals surface area contributed by atoms with Crippen molar-refractivity contribution in [2.45, 2.75) is 19.8 Å². The van der Waals surface area contributed by atoms with E-state index in [0.29, 0.717) is 19.8 Å². The van der Waals surface area contributed by atoms with Crippen LogP contribution in [0.4, 0.5) is 0 Å². The Balaban J connectivity index is 3.14. The van der Waals surface area contributed by atoms with Gasteiger partial charge in [0, 0.05) is 32.5 Å². The first-order valence-corrected chi connectivity index (χ1v) is 5.42. The predicted octanol–water partition coefficient (Wildman–Crippen LogP) is 2.13. The van der Waals surface area contributed by atoms with Gasteiger partial charge >= 0.3 is 0 Å². The van der Waals surface area contributed by atoms with E-state index < -0.39 is 0 Å². The van der Waals surface area contributed by atoms with Crippen LogP contribution in [0, 0.1) is 0 Å². The van der Waals surface area contributed by atoms with E-state index in [0.717, 1.165) is 22.4 Å². The maximum atomic E-state index is 5.41. The highest BCUT2D eigenvalue weighted by Gasteiger charge is 2.11. The summed E-state index contributed by atoms with van der Waals surface area (Å²) in [6.07, 6.45) is 0. The molecule has 4 nitrogen and oxygen atoms in total. The molecular formula is C13H20O4. The Bertz CT molecular complexity index is 322. The second kappa shape index (κ2) is 7.27. The van der Waals surface area contributed by atoms with Crippen molar-refractivity contribution in [1.82, 2.24) is 0 Å². The van der Waals surface area contributed by atoms with Gasteiger partial charge in [-0.25, -0.2) is 0 Å². The molecule has 0 aliphatic heterocycles. The minimum atomic E-state index is 0.511. The Morgan fingerprint density at radius 3 is 1.59 bits per heavy atom. The fourth-order valence-corrected chi connectivity index (χ4v) is 1.86. The van der Waals surface area contributed by atoms with Crippen LogP contribution in [0.15, 0.2) is 12.1 Å². The van der Waals surface area contributed by atoms with E-state index in [1.54, 1.807) is 28.4 Å². The molecule has 0 aliphatic rings. The average molecular weight is 240 g/mol. The molecule has 0 radical (unpaired) electrons. The first kappa shape index (κ1) is 14.0. The minimum absolute atomic E-state index is 0.511. The Hall–Kier alpha value is -1.10. The molecule has 4 heteroatoms. The van der Waals surface area contributed by atoms with Crippen LogP contribution in [0.25, 0.3) is 0 Å². The summed E-state index contributed by atoms with van der Waals surface area (Å²) in [5.41, 5.74) is 3.11. The topological polar surface area (TPSA) is 36.9 Å². The van der Waals surface area contributed by atoms with Crippen LogP contribution >= 0.6 is 0 Å². The Kier molecular flexibility index (Phi) is 5.97. The molecule has 0 amide bonds. The van der Waals surface area contributed by atoms with Crippen molar-refractivity contribution in [3.63, 3.8) is 0 Å². The fourth-order valence-electron chi connectivity index (χ4n) is 1.86. The molecule has 0 atom stereocenters. The predicted molar refractivity (Wildman–Crippen MR) is 65.1 cm³/mol. The lowest BCUT2D eigenvalue weighted by Gasteiger charge is -2.15. The van der Waals surface area contributed by atoms with Crippen LogP contribution in [0.5, 0.6) is 5.75 Å². The van der Waals surface area contributed by atoms with Crippen molar-refractivity contribution < 1.29 is 18.9 Å². The van der Waals surface area contributed by atoms with E-state index >= 15 is 0 Å². The van der Waals surface area contributed by atoms with Gasteiger partial charge in [-0.1, -0.05) is 0 Å². The molecule has 1 rings (SSSR count). The molecule has 0 aliphatic carbocycles. The smallest absolute Gasteiger partial charge is 0.129 e. The molecule has 96 valence electrons. The van der Waals surface area contributed by atoms with E-state index in [-0.39, 0.29) is 0 Å². The number of ether oxygens (including phenoxy) is 4. The molecule has 1 aromatic carbocycles. The van der Waals surface area contributed by atoms with Crippen molar-refractivity contribution in [3.05, 3.63) is 28.8 Å². The molecule has 0 bridgehead atoms. The van der Waals surface area contributed by atoms with Crippen molar-refractivity contribution in [1.29, 1.82) is 0 Å². The van der Waals surface area contributed by atoms with E-state index in [2.05, 4.69) is 0 Å². The van der Waals surface area contributed by atoms with Gasteiger partial charge in [-0.05, 0) is 17.7 Å². The summed E-state index contributed by atoms with van der Waals surface area (Å²) in [4.78, 5) is 0. The molecule has 0 spiro atoms. The highest BCUT2D eigenvalue weighted by Crippen LogP contribution is 2.27. The van der Waals surface area contributed by atoms with Gasteiger partial charge in [-0.15, -0.1) is 0 Å². The van der Waals surface area contributed by atoms with Crippen LogP contribution in [-0.2, 0) is 34.0 Å². The highest BCUT2D eigenvalue weighted by atomic mass is 16.5. The summed E-state index contributed by atoms with van der Waals surface area (Å²) in [6.45, 7) is 1.59. The summed E-state index contributed by atoms with van der Waals surface area (Å²) < 4.78 is 20.9. The normalized spacial score (nSPS) is 10.6. The maximum Gasteiger partial charge on any atom is 0.129 e. The van der Waals surface area contributed by atoms with E-state index in [1.807, 2.05) is 12.1 Å². The summed E-state index contributed by atoms with van der Waals surface area (Å²) >= 11 is 0. The largest absolute Gasteiger partial charge is 0.496 e. The van der Waals surface area contributed by atoms with Gasteiger partial charge in [-0.3, -0.25) is 0 Å². The minimum Gasteiger partial charge on any atom is -0.496 e. The van der Waals surface area contributed by atoms with Crippen LogP contribution in [0.1, 0.15) is 16.7 Å². The molecule has 1 aromatic rings. The zero-order chi connectivity index (χ0) is 12.7. The van der Waals surface area contributed by atoms with E-state index in [4.69, 9.17) is 18.9 Å². The summed E-state index contributed by atoms with van der Waals surface area (Å²) in [5, 5.41) is 0. The average Bonchev–Trinajstić information content (AvgIpc) is 2.30. The maximum absolute atomic E-state index is 5.41. The molecule has 0 aromatic heterocycles. The van der Waals surface area contributed by atoms with Crippen molar-refractivity contribution in [2.24, 2.45) is 0 Å². The molecule has 0 unspecified atom stereocenters. The first-order valence-electron chi connectivity index (χ1n) is 5.42. The molecular weight excluding hydrogens is 220 g/mol. The number of hydrogen-bond acceptors (Lipinski definition) is 4. The van der Waals surface area contributed by atoms with Crippen LogP contribution in [-0.4, -0.2) is 28.4 Å². The number of benzene rings is 1. The number of rotatable bonds is 7. The Morgan fingerprint density at radius 1 is 0.765 bits per heavy atom. The standard InChI is InChI=1S/C13H20O4/c1-14-7-10-5-11(8-15-2)13(17-4)12(6-10)9-16-3/h5-6H,7-9H2,1-4H3. The SMILES string of the molecule is COCc1cc(COC)c(OC)c(COC)c1. The van der Waals surface area contributed by atoms with E-state index in [9.17, 15) is 0 Å². The van der Waals surface area contributed by atoms with Gasteiger partial charge in [0.05, 0.1) is 26.9 Å². The van der Waals surface area contributed by atoms with Crippen LogP contribution in [0.3, 0.4) is 0 Å². The van der Waals surface area contributed by atoms with Crippen molar-refractivity contribution >= 4 is 0 Å². The van der Waals surface area contributed by atoms with Crippen LogP contribution < -0.4 is 4.74 Å². The summed E-state index contributed by atoms with van der Waals surface area (Å²) in [6, 6.07) is 4.07. The third-order valence-corrected chi connectivity index (χ3v) is 2.42. The third-order valence-electron chi connectivity index (χ3n) is 2.42. The number of hydrogen-bond donors (Lipinski definition) is 0. The van der Waals surface area contributed by atoms with Gasteiger partial charge in [0.15, 0.2) is 0 Å². The lowest BCUT2D eigenvalue weighted by Crippen LogP contribution is -2.02. The van der Waals surface area contributed by atoms with Gasteiger partial charge in [-0.2, -0.15) is 0 Å². The van der Waals surface area contributed by atoms with Gasteiger partial charge < -0.3 is 18.9 Å². The monoisotopic (exact) mass is 240 g/mol. The van der Waals surface area contributed by atoms with Gasteiger partial charge in [0.25, 0.3) is 0 Å². The molecule has 0 saturated carbocycles. The van der Waals surface area contributed by atoms with Gasteiger partial charge in [0.1, 0.15) is 5.75 Å². The molecule has 0 fully saturated rings. The lowest BCUT2D eigenvalue weighted by molar-refractivity contribution is 0.170. The fraction of sp³-hybridized carbons (Fsp3) is 0.538. The molecule has 17 heavy (non-hydrogen) atoms. The highest BCUT2D eigenvalue weighted by molar-refractivity contribution is 5.44. The number of methoxy groups -OCH3 is 4. The lowest BCUT2D eigenvalue weighted by atomic mass is 10.0. The first-order chi connectivity index (χ1) is 8.26. The quantitative estimate of drug-likeness (QED) is 0.731. The zero-order valence-electron chi connectivity index (χ0n) is 10.9. The molecule has 0 saturated heterocycles. The van der Waals surface area contributed by atoms with Crippen molar-refractivity contribution in [2.75, 3.05) is 28.4 Å². The molecule has 0 heterocycles. The second-order valence-electron chi connectivity index (χ2n) is 3.75.